The van der Waals surface area contributed by atoms with Crippen molar-refractivity contribution in [2.75, 3.05) is 0 Å². The van der Waals surface area contributed by atoms with Crippen molar-refractivity contribution in [1.82, 2.24) is 20.4 Å². The molecule has 9 nitrogen and oxygen atoms in total. The fourth-order valence-electron chi connectivity index (χ4n) is 5.22. The van der Waals surface area contributed by atoms with Gasteiger partial charge in [0.15, 0.2) is 0 Å². The summed E-state index contributed by atoms with van der Waals surface area (Å²) in [4.78, 5) is 39.1. The number of amides is 2. The van der Waals surface area contributed by atoms with E-state index in [0.29, 0.717) is 51.9 Å². The van der Waals surface area contributed by atoms with Crippen molar-refractivity contribution in [2.24, 2.45) is 0 Å². The first-order valence-corrected chi connectivity index (χ1v) is 12.8. The second-order valence-corrected chi connectivity index (χ2v) is 11.4. The number of hydrogen-bond acceptors (Lipinski definition) is 6. The third-order valence-corrected chi connectivity index (χ3v) is 7.37. The van der Waals surface area contributed by atoms with Crippen molar-refractivity contribution in [3.05, 3.63) is 39.3 Å². The first-order valence-electron chi connectivity index (χ1n) is 12.4. The molecule has 3 aromatic rings. The summed E-state index contributed by atoms with van der Waals surface area (Å²) in [5, 5.41) is 11.6. The van der Waals surface area contributed by atoms with Crippen molar-refractivity contribution in [1.29, 1.82) is 0 Å². The molecule has 2 aliphatic carbocycles. The molecule has 0 bridgehead atoms. The topological polar surface area (TPSA) is 115 Å². The van der Waals surface area contributed by atoms with E-state index in [-0.39, 0.29) is 23.6 Å². The summed E-state index contributed by atoms with van der Waals surface area (Å²) in [6.45, 7) is 7.07. The number of halogens is 1. The maximum atomic E-state index is 13.6. The van der Waals surface area contributed by atoms with Gasteiger partial charge in [-0.25, -0.2) is 4.79 Å². The smallest absolute Gasteiger partial charge is 0.408 e. The van der Waals surface area contributed by atoms with Crippen molar-refractivity contribution >= 4 is 45.4 Å². The van der Waals surface area contributed by atoms with Crippen molar-refractivity contribution in [3.8, 4) is 0 Å². The Hall–Kier alpha value is -3.07. The Balaban J connectivity index is 1.39. The number of hydrogen-bond donors (Lipinski definition) is 2. The summed E-state index contributed by atoms with van der Waals surface area (Å²) in [5.41, 5.74) is -0.559. The molecule has 2 unspecified atom stereocenters. The molecule has 192 valence electrons. The van der Waals surface area contributed by atoms with Crippen LogP contribution in [-0.2, 0) is 9.53 Å². The number of aromatic nitrogens is 2. The maximum Gasteiger partial charge on any atom is 0.408 e. The number of pyridine rings is 1. The van der Waals surface area contributed by atoms with E-state index in [2.05, 4.69) is 15.8 Å². The predicted octanol–water partition coefficient (Wildman–Crippen LogP) is 4.76. The number of fused-ring (bicyclic) bond motifs is 3. The highest BCUT2D eigenvalue weighted by Gasteiger charge is 2.52. The minimum absolute atomic E-state index is 0.130. The van der Waals surface area contributed by atoms with Gasteiger partial charge >= 0.3 is 6.09 Å². The molecule has 2 atom stereocenters. The van der Waals surface area contributed by atoms with Crippen LogP contribution in [0.25, 0.3) is 21.8 Å². The highest BCUT2D eigenvalue weighted by atomic mass is 35.5. The zero-order chi connectivity index (χ0) is 25.8. The van der Waals surface area contributed by atoms with E-state index in [0.717, 1.165) is 19.3 Å². The first-order chi connectivity index (χ1) is 17.0. The molecule has 2 heterocycles. The van der Waals surface area contributed by atoms with Crippen LogP contribution in [0.5, 0.6) is 0 Å². The molecule has 2 aliphatic rings. The van der Waals surface area contributed by atoms with Crippen LogP contribution < -0.4 is 16.2 Å². The summed E-state index contributed by atoms with van der Waals surface area (Å²) >= 11 is 6.55. The zero-order valence-electron chi connectivity index (χ0n) is 20.9. The maximum absolute atomic E-state index is 13.6. The lowest BCUT2D eigenvalue weighted by atomic mass is 9.90. The van der Waals surface area contributed by atoms with Gasteiger partial charge in [0.1, 0.15) is 27.8 Å². The Morgan fingerprint density at radius 1 is 1.22 bits per heavy atom. The van der Waals surface area contributed by atoms with Gasteiger partial charge in [-0.15, -0.1) is 0 Å². The fraction of sp³-hybridized carbons (Fsp3) is 0.538. The average Bonchev–Trinajstić information content (AvgIpc) is 3.46. The molecule has 2 saturated carbocycles. The van der Waals surface area contributed by atoms with Gasteiger partial charge in [0.2, 0.25) is 5.91 Å². The third-order valence-electron chi connectivity index (χ3n) is 7.06. The number of carbonyl (C=O) groups excluding carboxylic acids is 2. The zero-order valence-corrected chi connectivity index (χ0v) is 21.7. The van der Waals surface area contributed by atoms with E-state index < -0.39 is 17.2 Å². The largest absolute Gasteiger partial charge is 0.444 e. The molecule has 0 aliphatic heterocycles. The van der Waals surface area contributed by atoms with Crippen LogP contribution in [-0.4, -0.2) is 38.9 Å². The molecule has 2 aromatic heterocycles. The summed E-state index contributed by atoms with van der Waals surface area (Å²) in [5.74, 6) is 0.250. The standard InChI is InChI=1S/C26H31ClN4O5/c1-14-19-21(30-36-14)20-17(27)9-6-10-18(20)31(22(19)32)16-8-5-7-15(13-16)28-23(33)26(11-12-26)29-24(34)35-25(2,3)4/h6,9-10,15-16H,5,7-8,11-13H2,1-4H3,(H,28,33)(H,29,34). The van der Waals surface area contributed by atoms with Crippen molar-refractivity contribution in [2.45, 2.75) is 89.4 Å². The molecule has 2 amide bonds. The highest BCUT2D eigenvalue weighted by molar-refractivity contribution is 6.37. The normalized spacial score (nSPS) is 21.4. The molecule has 0 spiro atoms. The van der Waals surface area contributed by atoms with Gasteiger partial charge in [-0.1, -0.05) is 22.8 Å². The summed E-state index contributed by atoms with van der Waals surface area (Å²) in [7, 11) is 0. The number of rotatable bonds is 4. The van der Waals surface area contributed by atoms with Gasteiger partial charge in [-0.3, -0.25) is 9.59 Å². The number of nitrogens with one attached hydrogen (secondary N) is 2. The number of aryl methyl sites for hydroxylation is 1. The number of carbonyl (C=O) groups is 2. The molecule has 1 aromatic carbocycles. The fourth-order valence-corrected chi connectivity index (χ4v) is 5.48. The summed E-state index contributed by atoms with van der Waals surface area (Å²) in [6.07, 6.45) is 3.57. The lowest BCUT2D eigenvalue weighted by Gasteiger charge is -2.33. The van der Waals surface area contributed by atoms with E-state index in [1.165, 1.54) is 0 Å². The molecule has 0 radical (unpaired) electrons. The van der Waals surface area contributed by atoms with E-state index in [1.807, 2.05) is 12.1 Å². The Morgan fingerprint density at radius 3 is 2.67 bits per heavy atom. The Labute approximate surface area is 213 Å². The first kappa shape index (κ1) is 24.6. The molecule has 2 fully saturated rings. The van der Waals surface area contributed by atoms with Crippen LogP contribution in [0.15, 0.2) is 27.5 Å². The quantitative estimate of drug-likeness (QED) is 0.518. The van der Waals surface area contributed by atoms with Crippen LogP contribution in [0.4, 0.5) is 4.79 Å². The van der Waals surface area contributed by atoms with Gasteiger partial charge in [-0.05, 0) is 78.4 Å². The predicted molar refractivity (Wildman–Crippen MR) is 136 cm³/mol. The molecule has 5 rings (SSSR count). The summed E-state index contributed by atoms with van der Waals surface area (Å²) < 4.78 is 12.5. The highest BCUT2D eigenvalue weighted by Crippen LogP contribution is 2.38. The van der Waals surface area contributed by atoms with Gasteiger partial charge in [0.05, 0.1) is 10.5 Å². The van der Waals surface area contributed by atoms with E-state index in [4.69, 9.17) is 20.9 Å². The number of benzene rings is 1. The van der Waals surface area contributed by atoms with Gasteiger partial charge in [0.25, 0.3) is 5.56 Å². The molecular weight excluding hydrogens is 484 g/mol. The molecular formula is C26H31ClN4O5. The minimum Gasteiger partial charge on any atom is -0.444 e. The molecule has 2 N–H and O–H groups in total. The van der Waals surface area contributed by atoms with Crippen molar-refractivity contribution < 1.29 is 18.8 Å². The second kappa shape index (κ2) is 8.80. The lowest BCUT2D eigenvalue weighted by Crippen LogP contribution is -2.53. The van der Waals surface area contributed by atoms with E-state index in [9.17, 15) is 14.4 Å². The van der Waals surface area contributed by atoms with Gasteiger partial charge in [0, 0.05) is 17.5 Å². The molecule has 36 heavy (non-hydrogen) atoms. The van der Waals surface area contributed by atoms with Crippen LogP contribution in [0.2, 0.25) is 5.02 Å². The summed E-state index contributed by atoms with van der Waals surface area (Å²) in [6, 6.07) is 5.21. The minimum atomic E-state index is -0.926. The second-order valence-electron chi connectivity index (χ2n) is 11.0. The molecule has 0 saturated heterocycles. The average molecular weight is 515 g/mol. The monoisotopic (exact) mass is 514 g/mol. The lowest BCUT2D eigenvalue weighted by molar-refractivity contribution is -0.125. The van der Waals surface area contributed by atoms with E-state index >= 15 is 0 Å². The SMILES string of the molecule is Cc1onc2c1c(=O)n(C1CCCC(NC(=O)C3(NC(=O)OC(C)(C)C)CC3)C1)c1cccc(Cl)c21. The van der Waals surface area contributed by atoms with Crippen LogP contribution in [0.1, 0.15) is 71.1 Å². The van der Waals surface area contributed by atoms with E-state index in [1.54, 1.807) is 38.3 Å². The molecule has 10 heteroatoms. The van der Waals surface area contributed by atoms with Crippen LogP contribution in [0, 0.1) is 6.92 Å². The van der Waals surface area contributed by atoms with Crippen LogP contribution >= 0.6 is 11.6 Å². The van der Waals surface area contributed by atoms with Gasteiger partial charge < -0.3 is 24.5 Å². The Morgan fingerprint density at radius 2 is 1.97 bits per heavy atom. The number of ether oxygens (including phenoxy) is 1. The number of alkyl carbamates (subject to hydrolysis) is 1. The third kappa shape index (κ3) is 4.45. The Bertz CT molecular complexity index is 1420. The number of nitrogens with zero attached hydrogens (tertiary/aromatic N) is 2. The Kier molecular flexibility index (Phi) is 6.01. The van der Waals surface area contributed by atoms with Crippen molar-refractivity contribution in [3.63, 3.8) is 0 Å². The van der Waals surface area contributed by atoms with Crippen LogP contribution in [0.3, 0.4) is 0 Å². The van der Waals surface area contributed by atoms with Gasteiger partial charge in [-0.2, -0.15) is 0 Å².